The van der Waals surface area contributed by atoms with Crippen LogP contribution < -0.4 is 5.73 Å². The second kappa shape index (κ2) is 7.81. The quantitative estimate of drug-likeness (QED) is 0.928. The van der Waals surface area contributed by atoms with Crippen molar-refractivity contribution >= 4 is 18.3 Å². The topological polar surface area (TPSA) is 46.3 Å². The van der Waals surface area contributed by atoms with Gasteiger partial charge in [0.2, 0.25) is 5.91 Å². The first kappa shape index (κ1) is 18.0. The van der Waals surface area contributed by atoms with Crippen molar-refractivity contribution in [2.24, 2.45) is 11.1 Å². The number of nitrogens with two attached hydrogens (primary N) is 1. The van der Waals surface area contributed by atoms with Crippen LogP contribution in [0, 0.1) is 5.41 Å². The summed E-state index contributed by atoms with van der Waals surface area (Å²) in [6.07, 6.45) is 3.39. The molecule has 1 amide bonds. The molecule has 1 aliphatic rings. The molecular formula is C17H27ClN2O. The van der Waals surface area contributed by atoms with Gasteiger partial charge in [-0.3, -0.25) is 4.79 Å². The Kier molecular flexibility index (Phi) is 6.69. The molecule has 1 fully saturated rings. The lowest BCUT2D eigenvalue weighted by Crippen LogP contribution is -2.45. The standard InChI is InChI=1S/C17H26N2O.ClH/c1-3-17(2)9-11-19(12-10-17)16(20)15(13-18)14-7-5-4-6-8-14;/h4-8,15H,3,9-13,18H2,1-2H3;1H. The number of halogens is 1. The van der Waals surface area contributed by atoms with Gasteiger partial charge in [0.15, 0.2) is 0 Å². The van der Waals surface area contributed by atoms with E-state index < -0.39 is 0 Å². The number of carbonyl (C=O) groups excluding carboxylic acids is 1. The zero-order valence-electron chi connectivity index (χ0n) is 13.0. The molecule has 1 aliphatic heterocycles. The highest BCUT2D eigenvalue weighted by molar-refractivity contribution is 5.85. The fourth-order valence-corrected chi connectivity index (χ4v) is 2.91. The van der Waals surface area contributed by atoms with Crippen molar-refractivity contribution < 1.29 is 4.79 Å². The highest BCUT2D eigenvalue weighted by Crippen LogP contribution is 2.34. The van der Waals surface area contributed by atoms with Gasteiger partial charge in [-0.1, -0.05) is 50.6 Å². The van der Waals surface area contributed by atoms with Crippen molar-refractivity contribution in [1.82, 2.24) is 4.90 Å². The third-order valence-electron chi connectivity index (χ3n) is 4.87. The van der Waals surface area contributed by atoms with E-state index in [1.807, 2.05) is 35.2 Å². The summed E-state index contributed by atoms with van der Waals surface area (Å²) in [5.74, 6) is -0.000893. The second-order valence-corrected chi connectivity index (χ2v) is 6.19. The number of hydrogen-bond acceptors (Lipinski definition) is 2. The molecule has 0 saturated carbocycles. The van der Waals surface area contributed by atoms with E-state index in [0.29, 0.717) is 12.0 Å². The van der Waals surface area contributed by atoms with Crippen molar-refractivity contribution in [3.8, 4) is 0 Å². The Balaban J connectivity index is 0.00000220. The maximum atomic E-state index is 12.7. The number of piperidine rings is 1. The first-order chi connectivity index (χ1) is 9.59. The molecule has 1 saturated heterocycles. The summed E-state index contributed by atoms with van der Waals surface area (Å²) < 4.78 is 0. The molecule has 4 heteroatoms. The lowest BCUT2D eigenvalue weighted by molar-refractivity contribution is -0.134. The summed E-state index contributed by atoms with van der Waals surface area (Å²) in [6, 6.07) is 9.89. The van der Waals surface area contributed by atoms with Gasteiger partial charge < -0.3 is 10.6 Å². The van der Waals surface area contributed by atoms with Crippen molar-refractivity contribution in [1.29, 1.82) is 0 Å². The molecule has 1 atom stereocenters. The molecule has 1 unspecified atom stereocenters. The van der Waals surface area contributed by atoms with Gasteiger partial charge in [-0.05, 0) is 23.8 Å². The first-order valence-electron chi connectivity index (χ1n) is 7.63. The molecule has 2 rings (SSSR count). The summed E-state index contributed by atoms with van der Waals surface area (Å²) in [7, 11) is 0. The van der Waals surface area contributed by atoms with Crippen LogP contribution in [-0.2, 0) is 4.79 Å². The normalized spacial score (nSPS) is 18.7. The van der Waals surface area contributed by atoms with Crippen molar-refractivity contribution in [2.75, 3.05) is 19.6 Å². The van der Waals surface area contributed by atoms with Crippen LogP contribution in [0.5, 0.6) is 0 Å². The number of rotatable bonds is 4. The second-order valence-electron chi connectivity index (χ2n) is 6.19. The van der Waals surface area contributed by atoms with Crippen LogP contribution in [0.1, 0.15) is 44.6 Å². The molecule has 3 nitrogen and oxygen atoms in total. The highest BCUT2D eigenvalue weighted by atomic mass is 35.5. The molecular weight excluding hydrogens is 284 g/mol. The maximum absolute atomic E-state index is 12.7. The number of likely N-dealkylation sites (tertiary alicyclic amines) is 1. The van der Waals surface area contributed by atoms with Crippen molar-refractivity contribution in [2.45, 2.75) is 39.0 Å². The van der Waals surface area contributed by atoms with Crippen LogP contribution in [0.25, 0.3) is 0 Å². The van der Waals surface area contributed by atoms with E-state index in [1.165, 1.54) is 6.42 Å². The van der Waals surface area contributed by atoms with Crippen LogP contribution in [-0.4, -0.2) is 30.4 Å². The lowest BCUT2D eigenvalue weighted by atomic mass is 9.78. The average molecular weight is 311 g/mol. The largest absolute Gasteiger partial charge is 0.342 e. The number of amides is 1. The molecule has 1 heterocycles. The van der Waals surface area contributed by atoms with Crippen LogP contribution in [0.4, 0.5) is 0 Å². The van der Waals surface area contributed by atoms with Gasteiger partial charge in [-0.2, -0.15) is 0 Å². The van der Waals surface area contributed by atoms with Gasteiger partial charge in [0.25, 0.3) is 0 Å². The van der Waals surface area contributed by atoms with Crippen molar-refractivity contribution in [3.63, 3.8) is 0 Å². The van der Waals surface area contributed by atoms with Crippen LogP contribution in [0.15, 0.2) is 30.3 Å². The Labute approximate surface area is 134 Å². The Hall–Kier alpha value is -1.06. The predicted octanol–water partition coefficient (Wildman–Crippen LogP) is 3.19. The lowest BCUT2D eigenvalue weighted by Gasteiger charge is -2.40. The fraction of sp³-hybridized carbons (Fsp3) is 0.588. The molecule has 0 aromatic heterocycles. The summed E-state index contributed by atoms with van der Waals surface area (Å²) in [4.78, 5) is 14.7. The molecule has 1 aromatic rings. The summed E-state index contributed by atoms with van der Waals surface area (Å²) in [5.41, 5.74) is 7.28. The predicted molar refractivity (Wildman–Crippen MR) is 89.7 cm³/mol. The minimum atomic E-state index is -0.192. The molecule has 1 aromatic carbocycles. The van der Waals surface area contributed by atoms with E-state index in [1.54, 1.807) is 0 Å². The van der Waals surface area contributed by atoms with Gasteiger partial charge in [0.1, 0.15) is 0 Å². The number of nitrogens with zero attached hydrogens (tertiary/aromatic N) is 1. The summed E-state index contributed by atoms with van der Waals surface area (Å²) in [6.45, 7) is 6.68. The molecule has 0 aliphatic carbocycles. The van der Waals surface area contributed by atoms with E-state index in [2.05, 4.69) is 13.8 Å². The molecule has 0 radical (unpaired) electrons. The molecule has 2 N–H and O–H groups in total. The van der Waals surface area contributed by atoms with E-state index in [-0.39, 0.29) is 24.2 Å². The third-order valence-corrected chi connectivity index (χ3v) is 4.87. The van der Waals surface area contributed by atoms with Crippen LogP contribution in [0.2, 0.25) is 0 Å². The highest BCUT2D eigenvalue weighted by Gasteiger charge is 2.32. The summed E-state index contributed by atoms with van der Waals surface area (Å²) in [5, 5.41) is 0. The number of carbonyl (C=O) groups is 1. The number of hydrogen-bond donors (Lipinski definition) is 1. The third kappa shape index (κ3) is 4.21. The van der Waals surface area contributed by atoms with Gasteiger partial charge in [-0.15, -0.1) is 12.4 Å². The molecule has 21 heavy (non-hydrogen) atoms. The smallest absolute Gasteiger partial charge is 0.231 e. The monoisotopic (exact) mass is 310 g/mol. The SMILES string of the molecule is CCC1(C)CCN(C(=O)C(CN)c2ccccc2)CC1.Cl. The molecule has 0 bridgehead atoms. The van der Waals surface area contributed by atoms with E-state index in [0.717, 1.165) is 31.5 Å². The van der Waals surface area contributed by atoms with Crippen molar-refractivity contribution in [3.05, 3.63) is 35.9 Å². The van der Waals surface area contributed by atoms with E-state index >= 15 is 0 Å². The van der Waals surface area contributed by atoms with Crippen LogP contribution >= 0.6 is 12.4 Å². The van der Waals surface area contributed by atoms with E-state index in [4.69, 9.17) is 5.73 Å². The zero-order chi connectivity index (χ0) is 14.6. The van der Waals surface area contributed by atoms with Gasteiger partial charge >= 0.3 is 0 Å². The molecule has 0 spiro atoms. The Bertz CT molecular complexity index is 441. The fourth-order valence-electron chi connectivity index (χ4n) is 2.91. The van der Waals surface area contributed by atoms with Gasteiger partial charge in [-0.25, -0.2) is 0 Å². The molecule has 118 valence electrons. The summed E-state index contributed by atoms with van der Waals surface area (Å²) >= 11 is 0. The Morgan fingerprint density at radius 1 is 1.29 bits per heavy atom. The maximum Gasteiger partial charge on any atom is 0.231 e. The minimum absolute atomic E-state index is 0. The van der Waals surface area contributed by atoms with Gasteiger partial charge in [0, 0.05) is 19.6 Å². The van der Waals surface area contributed by atoms with Gasteiger partial charge in [0.05, 0.1) is 5.92 Å². The average Bonchev–Trinajstić information content (AvgIpc) is 2.50. The van der Waals surface area contributed by atoms with E-state index in [9.17, 15) is 4.79 Å². The minimum Gasteiger partial charge on any atom is -0.342 e. The number of benzene rings is 1. The van der Waals surface area contributed by atoms with Crippen LogP contribution in [0.3, 0.4) is 0 Å². The Morgan fingerprint density at radius 3 is 2.33 bits per heavy atom. The Morgan fingerprint density at radius 2 is 1.86 bits per heavy atom. The first-order valence-corrected chi connectivity index (χ1v) is 7.63. The zero-order valence-corrected chi connectivity index (χ0v) is 13.9.